The summed E-state index contributed by atoms with van der Waals surface area (Å²) in [6.45, 7) is 5.26. The summed E-state index contributed by atoms with van der Waals surface area (Å²) in [5.74, 6) is -1.97. The van der Waals surface area contributed by atoms with Crippen molar-refractivity contribution in [1.29, 1.82) is 0 Å². The molecule has 1 saturated heterocycles. The van der Waals surface area contributed by atoms with Gasteiger partial charge in [-0.25, -0.2) is 14.0 Å². The Bertz CT molecular complexity index is 1140. The minimum Gasteiger partial charge on any atom is -0.456 e. The summed E-state index contributed by atoms with van der Waals surface area (Å²) in [5, 5.41) is 4.79. The van der Waals surface area contributed by atoms with Crippen LogP contribution in [-0.2, 0) is 21.6 Å². The molecule has 2 aliphatic heterocycles. The molecule has 4 amide bonds. The van der Waals surface area contributed by atoms with Crippen molar-refractivity contribution in [1.82, 2.24) is 15.5 Å². The Hall–Kier alpha value is -3.75. The summed E-state index contributed by atoms with van der Waals surface area (Å²) >= 11 is 0. The van der Waals surface area contributed by atoms with Crippen LogP contribution in [0.25, 0.3) is 0 Å². The van der Waals surface area contributed by atoms with E-state index in [2.05, 4.69) is 10.6 Å². The Morgan fingerprint density at radius 1 is 1.12 bits per heavy atom. The fraction of sp³-hybridized carbons (Fsp3) is 0.304. The lowest BCUT2D eigenvalue weighted by Crippen LogP contribution is -2.52. The zero-order chi connectivity index (χ0) is 23.3. The molecule has 2 aromatic carbocycles. The number of nitrogens with zero attached hydrogens (tertiary/aromatic N) is 1. The van der Waals surface area contributed by atoms with E-state index in [1.165, 1.54) is 35.2 Å². The van der Waals surface area contributed by atoms with Crippen LogP contribution in [0, 0.1) is 5.82 Å². The van der Waals surface area contributed by atoms with Crippen LogP contribution >= 0.6 is 0 Å². The molecule has 1 atom stereocenters. The van der Waals surface area contributed by atoms with E-state index < -0.39 is 34.9 Å². The minimum absolute atomic E-state index is 0.136. The van der Waals surface area contributed by atoms with Crippen molar-refractivity contribution in [2.24, 2.45) is 0 Å². The molecule has 0 radical (unpaired) electrons. The molecule has 0 saturated carbocycles. The number of imide groups is 1. The number of amides is 4. The van der Waals surface area contributed by atoms with Crippen LogP contribution in [0.3, 0.4) is 0 Å². The lowest BCUT2D eigenvalue weighted by atomic mass is 9.89. The number of rotatable bonds is 4. The number of fused-ring (bicyclic) bond motifs is 1. The molecule has 0 spiro atoms. The highest BCUT2D eigenvalue weighted by Crippen LogP contribution is 2.31. The number of carbonyl (C=O) groups is 4. The summed E-state index contributed by atoms with van der Waals surface area (Å²) < 4.78 is 18.8. The van der Waals surface area contributed by atoms with Gasteiger partial charge in [-0.1, -0.05) is 12.1 Å². The van der Waals surface area contributed by atoms with Gasteiger partial charge in [-0.3, -0.25) is 14.9 Å². The van der Waals surface area contributed by atoms with Crippen molar-refractivity contribution in [2.45, 2.75) is 38.5 Å². The van der Waals surface area contributed by atoms with Gasteiger partial charge in [0.25, 0.3) is 11.8 Å². The van der Waals surface area contributed by atoms with E-state index in [-0.39, 0.29) is 19.0 Å². The number of urea groups is 1. The Balaban J connectivity index is 1.62. The number of carbonyl (C=O) groups excluding carboxylic acids is 4. The van der Waals surface area contributed by atoms with E-state index in [9.17, 15) is 23.6 Å². The SMILES string of the molecule is CC(C)(C)OC(=O)c1ccc2c(c1)CN(CC1(c3ccc(F)cc3)NC(=O)NC1=O)C2=O. The lowest BCUT2D eigenvalue weighted by Gasteiger charge is -2.31. The molecule has 1 fully saturated rings. The first-order valence-electron chi connectivity index (χ1n) is 10.0. The second kappa shape index (κ2) is 7.44. The van der Waals surface area contributed by atoms with Crippen molar-refractivity contribution in [3.8, 4) is 0 Å². The molecule has 2 aliphatic rings. The third-order valence-electron chi connectivity index (χ3n) is 5.33. The van der Waals surface area contributed by atoms with Crippen molar-refractivity contribution in [3.63, 3.8) is 0 Å². The van der Waals surface area contributed by atoms with Crippen LogP contribution in [0.2, 0.25) is 0 Å². The zero-order valence-corrected chi connectivity index (χ0v) is 17.8. The van der Waals surface area contributed by atoms with Gasteiger partial charge in [-0.05, 0) is 62.2 Å². The van der Waals surface area contributed by atoms with Gasteiger partial charge in [0.15, 0.2) is 5.54 Å². The van der Waals surface area contributed by atoms with Crippen LogP contribution < -0.4 is 10.6 Å². The highest BCUT2D eigenvalue weighted by Gasteiger charge is 2.50. The maximum atomic E-state index is 13.4. The molecular formula is C23H22FN3O5. The van der Waals surface area contributed by atoms with Gasteiger partial charge >= 0.3 is 12.0 Å². The average Bonchev–Trinajstić information content (AvgIpc) is 3.16. The Morgan fingerprint density at radius 2 is 1.81 bits per heavy atom. The molecule has 4 rings (SSSR count). The predicted molar refractivity (Wildman–Crippen MR) is 111 cm³/mol. The summed E-state index contributed by atoms with van der Waals surface area (Å²) in [6, 6.07) is 9.13. The molecule has 0 bridgehead atoms. The first-order chi connectivity index (χ1) is 15.0. The van der Waals surface area contributed by atoms with Crippen LogP contribution in [0.1, 0.15) is 52.6 Å². The van der Waals surface area contributed by atoms with Crippen molar-refractivity contribution < 1.29 is 28.3 Å². The number of hydrogen-bond donors (Lipinski definition) is 2. The fourth-order valence-electron chi connectivity index (χ4n) is 3.89. The van der Waals surface area contributed by atoms with E-state index in [4.69, 9.17) is 4.74 Å². The standard InChI is InChI=1S/C23H22FN3O5/c1-22(2,3)32-19(29)13-4-9-17-14(10-13)11-27(18(17)28)12-23(20(30)25-21(31)26-23)15-5-7-16(24)8-6-15/h4-10H,11-12H2,1-3H3,(H2,25,26,30,31). The Morgan fingerprint density at radius 3 is 2.41 bits per heavy atom. The van der Waals surface area contributed by atoms with E-state index >= 15 is 0 Å². The molecule has 8 nitrogen and oxygen atoms in total. The van der Waals surface area contributed by atoms with Crippen LogP contribution in [-0.4, -0.2) is 40.9 Å². The summed E-state index contributed by atoms with van der Waals surface area (Å²) in [7, 11) is 0. The number of halogens is 1. The van der Waals surface area contributed by atoms with Gasteiger partial charge in [-0.15, -0.1) is 0 Å². The maximum Gasteiger partial charge on any atom is 0.338 e. The topological polar surface area (TPSA) is 105 Å². The molecule has 9 heteroatoms. The number of ether oxygens (including phenoxy) is 1. The molecular weight excluding hydrogens is 417 g/mol. The van der Waals surface area contributed by atoms with Crippen molar-refractivity contribution >= 4 is 23.8 Å². The van der Waals surface area contributed by atoms with Gasteiger partial charge in [0.1, 0.15) is 11.4 Å². The molecule has 2 aromatic rings. The number of nitrogens with one attached hydrogen (secondary N) is 2. The van der Waals surface area contributed by atoms with Gasteiger partial charge in [-0.2, -0.15) is 0 Å². The zero-order valence-electron chi connectivity index (χ0n) is 17.8. The monoisotopic (exact) mass is 439 g/mol. The van der Waals surface area contributed by atoms with Crippen LogP contribution in [0.4, 0.5) is 9.18 Å². The first-order valence-corrected chi connectivity index (χ1v) is 10.0. The van der Waals surface area contributed by atoms with Gasteiger partial charge in [0.05, 0.1) is 12.1 Å². The molecule has 32 heavy (non-hydrogen) atoms. The van der Waals surface area contributed by atoms with E-state index in [1.807, 2.05) is 0 Å². The Labute approximate surface area is 183 Å². The largest absolute Gasteiger partial charge is 0.456 e. The molecule has 0 aliphatic carbocycles. The molecule has 0 aromatic heterocycles. The highest BCUT2D eigenvalue weighted by atomic mass is 19.1. The molecule has 1 unspecified atom stereocenters. The minimum atomic E-state index is -1.56. The third kappa shape index (κ3) is 3.81. The van der Waals surface area contributed by atoms with Gasteiger partial charge in [0, 0.05) is 12.1 Å². The van der Waals surface area contributed by atoms with Crippen molar-refractivity contribution in [3.05, 3.63) is 70.5 Å². The second-order valence-corrected chi connectivity index (χ2v) is 8.86. The molecule has 2 heterocycles. The van der Waals surface area contributed by atoms with Gasteiger partial charge in [0.2, 0.25) is 0 Å². The maximum absolute atomic E-state index is 13.4. The van der Waals surface area contributed by atoms with E-state index in [0.717, 1.165) is 0 Å². The molecule has 166 valence electrons. The fourth-order valence-corrected chi connectivity index (χ4v) is 3.89. The summed E-state index contributed by atoms with van der Waals surface area (Å²) in [4.78, 5) is 51.5. The average molecular weight is 439 g/mol. The highest BCUT2D eigenvalue weighted by molar-refractivity contribution is 6.08. The Kier molecular flexibility index (Phi) is 4.99. The number of benzene rings is 2. The van der Waals surface area contributed by atoms with Crippen molar-refractivity contribution in [2.75, 3.05) is 6.54 Å². The quantitative estimate of drug-likeness (QED) is 0.563. The second-order valence-electron chi connectivity index (χ2n) is 8.86. The smallest absolute Gasteiger partial charge is 0.338 e. The predicted octanol–water partition coefficient (Wildman–Crippen LogP) is 2.47. The first kappa shape index (κ1) is 21.5. The van der Waals surface area contributed by atoms with Crippen LogP contribution in [0.5, 0.6) is 0 Å². The normalized spacial score (nSPS) is 20.1. The summed E-state index contributed by atoms with van der Waals surface area (Å²) in [5.41, 5.74) is -0.549. The number of esters is 1. The van der Waals surface area contributed by atoms with E-state index in [1.54, 1.807) is 32.9 Å². The van der Waals surface area contributed by atoms with Crippen LogP contribution in [0.15, 0.2) is 42.5 Å². The van der Waals surface area contributed by atoms with E-state index in [0.29, 0.717) is 22.3 Å². The number of hydrogen-bond acceptors (Lipinski definition) is 5. The molecule has 2 N–H and O–H groups in total. The summed E-state index contributed by atoms with van der Waals surface area (Å²) in [6.07, 6.45) is 0. The lowest BCUT2D eigenvalue weighted by molar-refractivity contribution is -0.124. The van der Waals surface area contributed by atoms with Gasteiger partial charge < -0.3 is 15.0 Å². The third-order valence-corrected chi connectivity index (χ3v) is 5.33.